The molecule has 0 aromatic carbocycles. The molecule has 0 heterocycles. The second-order valence-electron chi connectivity index (χ2n) is 6.70. The minimum atomic E-state index is -0.411. The maximum atomic E-state index is 11.9. The van der Waals surface area contributed by atoms with E-state index in [0.717, 1.165) is 25.8 Å². The summed E-state index contributed by atoms with van der Waals surface area (Å²) >= 11 is 0. The standard InChI is InChI=1S/C16H32N2O2/c1-13(2)8-11-18-15(19)14(3)20-12-16(17)9-6-4-5-7-10-16/h13-14H,4-12,17H2,1-3H3,(H,18,19). The molecule has 3 N–H and O–H groups in total. The molecule has 4 nitrogen and oxygen atoms in total. The summed E-state index contributed by atoms with van der Waals surface area (Å²) in [7, 11) is 0. The highest BCUT2D eigenvalue weighted by atomic mass is 16.5. The predicted octanol–water partition coefficient (Wildman–Crippen LogP) is 2.61. The van der Waals surface area contributed by atoms with E-state index >= 15 is 0 Å². The molecule has 1 fully saturated rings. The van der Waals surface area contributed by atoms with E-state index in [-0.39, 0.29) is 11.4 Å². The number of nitrogens with one attached hydrogen (secondary N) is 1. The van der Waals surface area contributed by atoms with Gasteiger partial charge >= 0.3 is 0 Å². The highest BCUT2D eigenvalue weighted by Crippen LogP contribution is 2.25. The first-order chi connectivity index (χ1) is 9.43. The molecule has 1 saturated carbocycles. The van der Waals surface area contributed by atoms with Gasteiger partial charge in [0, 0.05) is 12.1 Å². The topological polar surface area (TPSA) is 64.3 Å². The molecule has 1 aliphatic carbocycles. The van der Waals surface area contributed by atoms with Gasteiger partial charge in [0.15, 0.2) is 0 Å². The molecule has 0 bridgehead atoms. The summed E-state index contributed by atoms with van der Waals surface area (Å²) in [6.45, 7) is 7.32. The highest BCUT2D eigenvalue weighted by molar-refractivity contribution is 5.80. The molecule has 1 atom stereocenters. The van der Waals surface area contributed by atoms with Gasteiger partial charge in [-0.2, -0.15) is 0 Å². The monoisotopic (exact) mass is 284 g/mol. The number of amides is 1. The molecule has 0 aromatic heterocycles. The van der Waals surface area contributed by atoms with Crippen LogP contribution in [0.5, 0.6) is 0 Å². The Bertz CT molecular complexity index is 284. The molecule has 0 aromatic rings. The number of hydrogen-bond acceptors (Lipinski definition) is 3. The molecular formula is C16H32N2O2. The van der Waals surface area contributed by atoms with E-state index in [9.17, 15) is 4.79 Å². The van der Waals surface area contributed by atoms with E-state index in [1.807, 2.05) is 6.92 Å². The van der Waals surface area contributed by atoms with Crippen LogP contribution in [-0.2, 0) is 9.53 Å². The number of hydrogen-bond donors (Lipinski definition) is 2. The van der Waals surface area contributed by atoms with Gasteiger partial charge in [-0.3, -0.25) is 4.79 Å². The largest absolute Gasteiger partial charge is 0.367 e. The van der Waals surface area contributed by atoms with E-state index in [4.69, 9.17) is 10.5 Å². The fourth-order valence-corrected chi connectivity index (χ4v) is 2.57. The van der Waals surface area contributed by atoms with Crippen LogP contribution in [0.15, 0.2) is 0 Å². The number of nitrogens with two attached hydrogens (primary N) is 1. The van der Waals surface area contributed by atoms with Gasteiger partial charge in [-0.1, -0.05) is 39.5 Å². The molecular weight excluding hydrogens is 252 g/mol. The van der Waals surface area contributed by atoms with Crippen molar-refractivity contribution < 1.29 is 9.53 Å². The molecule has 0 spiro atoms. The Morgan fingerprint density at radius 2 is 1.80 bits per heavy atom. The van der Waals surface area contributed by atoms with Crippen LogP contribution in [0, 0.1) is 5.92 Å². The Kier molecular flexibility index (Phi) is 7.52. The van der Waals surface area contributed by atoms with Crippen molar-refractivity contribution in [1.29, 1.82) is 0 Å². The normalized spacial score (nSPS) is 20.4. The zero-order valence-electron chi connectivity index (χ0n) is 13.4. The van der Waals surface area contributed by atoms with Gasteiger partial charge in [-0.25, -0.2) is 0 Å². The van der Waals surface area contributed by atoms with Crippen molar-refractivity contribution in [1.82, 2.24) is 5.32 Å². The number of carbonyl (C=O) groups is 1. The Labute approximate surface area is 123 Å². The van der Waals surface area contributed by atoms with Crippen molar-refractivity contribution in [3.05, 3.63) is 0 Å². The summed E-state index contributed by atoms with van der Waals surface area (Å²) in [4.78, 5) is 11.9. The minimum Gasteiger partial charge on any atom is -0.367 e. The van der Waals surface area contributed by atoms with Crippen LogP contribution in [0.1, 0.15) is 65.7 Å². The fourth-order valence-electron chi connectivity index (χ4n) is 2.57. The van der Waals surface area contributed by atoms with Crippen LogP contribution in [0.2, 0.25) is 0 Å². The first kappa shape index (κ1) is 17.4. The molecule has 1 unspecified atom stereocenters. The van der Waals surface area contributed by atoms with Gasteiger partial charge in [0.2, 0.25) is 5.91 Å². The molecule has 0 aliphatic heterocycles. The first-order valence-electron chi connectivity index (χ1n) is 8.11. The summed E-state index contributed by atoms with van der Waals surface area (Å²) < 4.78 is 5.72. The number of rotatable bonds is 7. The lowest BCUT2D eigenvalue weighted by molar-refractivity contribution is -0.132. The lowest BCUT2D eigenvalue weighted by Gasteiger charge is -2.29. The van der Waals surface area contributed by atoms with Crippen LogP contribution in [0.3, 0.4) is 0 Å². The second-order valence-corrected chi connectivity index (χ2v) is 6.70. The van der Waals surface area contributed by atoms with E-state index in [2.05, 4.69) is 19.2 Å². The number of ether oxygens (including phenoxy) is 1. The maximum Gasteiger partial charge on any atom is 0.248 e. The van der Waals surface area contributed by atoms with Crippen LogP contribution < -0.4 is 11.1 Å². The molecule has 1 amide bonds. The molecule has 118 valence electrons. The van der Waals surface area contributed by atoms with E-state index in [1.165, 1.54) is 25.7 Å². The van der Waals surface area contributed by atoms with Crippen LogP contribution in [-0.4, -0.2) is 30.7 Å². The molecule has 0 radical (unpaired) electrons. The van der Waals surface area contributed by atoms with Crippen molar-refractivity contribution in [3.8, 4) is 0 Å². The van der Waals surface area contributed by atoms with Gasteiger partial charge in [0.25, 0.3) is 0 Å². The summed E-state index contributed by atoms with van der Waals surface area (Å²) in [5.74, 6) is 0.577. The van der Waals surface area contributed by atoms with Crippen LogP contribution in [0.4, 0.5) is 0 Å². The first-order valence-corrected chi connectivity index (χ1v) is 8.11. The van der Waals surface area contributed by atoms with E-state index in [1.54, 1.807) is 0 Å². The molecule has 20 heavy (non-hydrogen) atoms. The minimum absolute atomic E-state index is 0.0251. The molecule has 0 saturated heterocycles. The fraction of sp³-hybridized carbons (Fsp3) is 0.938. The molecule has 1 rings (SSSR count). The Morgan fingerprint density at radius 3 is 2.35 bits per heavy atom. The summed E-state index contributed by atoms with van der Waals surface area (Å²) in [6, 6.07) is 0. The van der Waals surface area contributed by atoms with Gasteiger partial charge in [-0.05, 0) is 32.1 Å². The van der Waals surface area contributed by atoms with Crippen molar-refractivity contribution in [2.75, 3.05) is 13.2 Å². The van der Waals surface area contributed by atoms with E-state index in [0.29, 0.717) is 12.5 Å². The maximum absolute atomic E-state index is 11.9. The van der Waals surface area contributed by atoms with Gasteiger partial charge < -0.3 is 15.8 Å². The predicted molar refractivity (Wildman–Crippen MR) is 82.5 cm³/mol. The van der Waals surface area contributed by atoms with Crippen LogP contribution >= 0.6 is 0 Å². The lowest BCUT2D eigenvalue weighted by atomic mass is 9.92. The van der Waals surface area contributed by atoms with Gasteiger partial charge in [0.05, 0.1) is 6.61 Å². The SMILES string of the molecule is CC(C)CCNC(=O)C(C)OCC1(N)CCCCCC1. The van der Waals surface area contributed by atoms with Crippen LogP contribution in [0.25, 0.3) is 0 Å². The Hall–Kier alpha value is -0.610. The van der Waals surface area contributed by atoms with Crippen molar-refractivity contribution in [3.63, 3.8) is 0 Å². The summed E-state index contributed by atoms with van der Waals surface area (Å²) in [5.41, 5.74) is 6.16. The smallest absolute Gasteiger partial charge is 0.248 e. The molecule has 4 heteroatoms. The van der Waals surface area contributed by atoms with Gasteiger partial charge in [-0.15, -0.1) is 0 Å². The zero-order chi connectivity index (χ0) is 15.0. The van der Waals surface area contributed by atoms with E-state index < -0.39 is 6.10 Å². The summed E-state index contributed by atoms with van der Waals surface area (Å²) in [6.07, 6.45) is 7.49. The third-order valence-corrected chi connectivity index (χ3v) is 4.11. The number of carbonyl (C=O) groups excluding carboxylic acids is 1. The summed E-state index contributed by atoms with van der Waals surface area (Å²) in [5, 5.41) is 2.92. The second kappa shape index (κ2) is 8.63. The Morgan fingerprint density at radius 1 is 1.20 bits per heavy atom. The Balaban J connectivity index is 2.26. The molecule has 1 aliphatic rings. The zero-order valence-corrected chi connectivity index (χ0v) is 13.4. The highest BCUT2D eigenvalue weighted by Gasteiger charge is 2.28. The lowest BCUT2D eigenvalue weighted by Crippen LogP contribution is -2.46. The average Bonchev–Trinajstić information content (AvgIpc) is 2.61. The van der Waals surface area contributed by atoms with Crippen molar-refractivity contribution in [2.45, 2.75) is 77.4 Å². The third kappa shape index (κ3) is 6.71. The van der Waals surface area contributed by atoms with Gasteiger partial charge in [0.1, 0.15) is 6.10 Å². The van der Waals surface area contributed by atoms with Crippen molar-refractivity contribution >= 4 is 5.91 Å². The average molecular weight is 284 g/mol. The quantitative estimate of drug-likeness (QED) is 0.706. The third-order valence-electron chi connectivity index (χ3n) is 4.11. The van der Waals surface area contributed by atoms with Crippen molar-refractivity contribution in [2.24, 2.45) is 11.7 Å².